The Bertz CT molecular complexity index is 1280. The van der Waals surface area contributed by atoms with Gasteiger partial charge >= 0.3 is 5.97 Å². The van der Waals surface area contributed by atoms with Crippen molar-refractivity contribution in [2.45, 2.75) is 32.1 Å². The molecule has 0 saturated heterocycles. The predicted octanol–water partition coefficient (Wildman–Crippen LogP) is 5.86. The lowest BCUT2D eigenvalue weighted by Gasteiger charge is -2.45. The highest BCUT2D eigenvalue weighted by atomic mass is 16.5. The zero-order chi connectivity index (χ0) is 24.4. The third-order valence-corrected chi connectivity index (χ3v) is 7.13. The standard InChI is InChI=1S/C30H28N2O3/c1-3-35-28(33)25-19-20-26(22-13-7-4-8-14-22)30(27(25)23-15-9-5-10-16-23)21(2)31-32(29(30)34)24-17-11-6-12-18-24/h4-19,26-27H,3,20H2,1-2H3/t26-,27-,30+/m1/s1. The predicted molar refractivity (Wildman–Crippen MR) is 137 cm³/mol. The minimum absolute atomic E-state index is 0.126. The van der Waals surface area contributed by atoms with Crippen LogP contribution >= 0.6 is 0 Å². The molecule has 1 heterocycles. The molecule has 2 aliphatic rings. The van der Waals surface area contributed by atoms with E-state index < -0.39 is 11.3 Å². The first-order valence-electron chi connectivity index (χ1n) is 12.0. The van der Waals surface area contributed by atoms with Crippen LogP contribution in [0.5, 0.6) is 0 Å². The van der Waals surface area contributed by atoms with Gasteiger partial charge in [-0.3, -0.25) is 4.79 Å². The summed E-state index contributed by atoms with van der Waals surface area (Å²) in [6.45, 7) is 3.98. The lowest BCUT2D eigenvalue weighted by molar-refractivity contribution is -0.139. The van der Waals surface area contributed by atoms with Crippen molar-refractivity contribution in [3.8, 4) is 0 Å². The first-order chi connectivity index (χ1) is 17.1. The van der Waals surface area contributed by atoms with E-state index >= 15 is 0 Å². The average Bonchev–Trinajstić information content (AvgIpc) is 3.16. The topological polar surface area (TPSA) is 59.0 Å². The molecule has 0 aromatic heterocycles. The van der Waals surface area contributed by atoms with Crippen molar-refractivity contribution in [3.05, 3.63) is 114 Å². The van der Waals surface area contributed by atoms with E-state index in [-0.39, 0.29) is 24.4 Å². The van der Waals surface area contributed by atoms with Gasteiger partial charge in [-0.15, -0.1) is 0 Å². The maximum atomic E-state index is 14.6. The molecule has 1 aliphatic carbocycles. The highest BCUT2D eigenvalue weighted by molar-refractivity contribution is 6.21. The molecule has 176 valence electrons. The highest BCUT2D eigenvalue weighted by Gasteiger charge is 2.62. The summed E-state index contributed by atoms with van der Waals surface area (Å²) >= 11 is 0. The van der Waals surface area contributed by atoms with E-state index in [4.69, 9.17) is 9.84 Å². The summed E-state index contributed by atoms with van der Waals surface area (Å²) in [6, 6.07) is 29.3. The van der Waals surface area contributed by atoms with Crippen molar-refractivity contribution in [1.29, 1.82) is 0 Å². The molecule has 5 heteroatoms. The Hall–Kier alpha value is -3.99. The fourth-order valence-corrected chi connectivity index (χ4v) is 5.67. The Morgan fingerprint density at radius 3 is 2.11 bits per heavy atom. The fourth-order valence-electron chi connectivity index (χ4n) is 5.67. The first kappa shape index (κ1) is 22.8. The van der Waals surface area contributed by atoms with Crippen LogP contribution in [-0.4, -0.2) is 24.2 Å². The molecule has 0 bridgehead atoms. The largest absolute Gasteiger partial charge is 0.463 e. The number of ether oxygens (including phenoxy) is 1. The Labute approximate surface area is 205 Å². The van der Waals surface area contributed by atoms with Gasteiger partial charge in [0.2, 0.25) is 0 Å². The van der Waals surface area contributed by atoms with Crippen molar-refractivity contribution in [3.63, 3.8) is 0 Å². The van der Waals surface area contributed by atoms with Crippen LogP contribution in [0.15, 0.2) is 108 Å². The molecule has 1 amide bonds. The molecule has 3 atom stereocenters. The summed E-state index contributed by atoms with van der Waals surface area (Å²) in [7, 11) is 0. The van der Waals surface area contributed by atoms with Gasteiger partial charge in [-0.2, -0.15) is 10.1 Å². The third-order valence-electron chi connectivity index (χ3n) is 7.13. The molecular weight excluding hydrogens is 436 g/mol. The summed E-state index contributed by atoms with van der Waals surface area (Å²) in [4.78, 5) is 27.9. The van der Waals surface area contributed by atoms with Gasteiger partial charge in [0, 0.05) is 17.4 Å². The summed E-state index contributed by atoms with van der Waals surface area (Å²) in [6.07, 6.45) is 2.49. The number of allylic oxidation sites excluding steroid dienone is 1. The molecule has 0 N–H and O–H groups in total. The third kappa shape index (κ3) is 3.68. The first-order valence-corrected chi connectivity index (χ1v) is 12.0. The quantitative estimate of drug-likeness (QED) is 0.445. The number of amides is 1. The number of carbonyl (C=O) groups excluding carboxylic acids is 2. The zero-order valence-electron chi connectivity index (χ0n) is 19.9. The molecule has 1 aliphatic heterocycles. The second kappa shape index (κ2) is 9.34. The summed E-state index contributed by atoms with van der Waals surface area (Å²) in [5.41, 5.74) is 2.79. The number of benzene rings is 3. The van der Waals surface area contributed by atoms with Crippen LogP contribution in [0.3, 0.4) is 0 Å². The van der Waals surface area contributed by atoms with Crippen LogP contribution in [0.4, 0.5) is 5.69 Å². The molecule has 5 nitrogen and oxygen atoms in total. The van der Waals surface area contributed by atoms with Gasteiger partial charge in [0.25, 0.3) is 5.91 Å². The lowest BCUT2D eigenvalue weighted by Crippen LogP contribution is -2.51. The number of para-hydroxylation sites is 1. The minimum Gasteiger partial charge on any atom is -0.463 e. The number of rotatable bonds is 5. The molecular formula is C30H28N2O3. The van der Waals surface area contributed by atoms with Gasteiger partial charge in [-0.25, -0.2) is 4.79 Å². The van der Waals surface area contributed by atoms with E-state index in [1.807, 2.05) is 91.9 Å². The maximum absolute atomic E-state index is 14.6. The number of carbonyl (C=O) groups is 2. The lowest BCUT2D eigenvalue weighted by atomic mass is 9.54. The molecule has 0 unspecified atom stereocenters. The summed E-state index contributed by atoms with van der Waals surface area (Å²) in [5.74, 6) is -1.24. The van der Waals surface area contributed by atoms with E-state index in [2.05, 4.69) is 12.1 Å². The number of hydrogen-bond donors (Lipinski definition) is 0. The van der Waals surface area contributed by atoms with Crippen LogP contribution in [0, 0.1) is 5.41 Å². The van der Waals surface area contributed by atoms with Gasteiger partial charge in [-0.05, 0) is 43.5 Å². The molecule has 5 rings (SSSR count). The monoisotopic (exact) mass is 464 g/mol. The summed E-state index contributed by atoms with van der Waals surface area (Å²) in [5, 5.41) is 6.34. The van der Waals surface area contributed by atoms with Gasteiger partial charge in [0.1, 0.15) is 5.41 Å². The maximum Gasteiger partial charge on any atom is 0.334 e. The van der Waals surface area contributed by atoms with Crippen LogP contribution < -0.4 is 5.01 Å². The van der Waals surface area contributed by atoms with Gasteiger partial charge in [0.15, 0.2) is 0 Å². The van der Waals surface area contributed by atoms with Gasteiger partial charge in [0.05, 0.1) is 18.0 Å². The molecule has 0 saturated carbocycles. The van der Waals surface area contributed by atoms with Gasteiger partial charge < -0.3 is 4.74 Å². The van der Waals surface area contributed by atoms with E-state index in [1.165, 1.54) is 5.01 Å². The van der Waals surface area contributed by atoms with E-state index in [9.17, 15) is 9.59 Å². The molecule has 0 radical (unpaired) electrons. The number of nitrogens with zero attached hydrogens (tertiary/aromatic N) is 2. The van der Waals surface area contributed by atoms with E-state index in [1.54, 1.807) is 6.92 Å². The number of anilines is 1. The Morgan fingerprint density at radius 2 is 1.51 bits per heavy atom. The van der Waals surface area contributed by atoms with Crippen molar-refractivity contribution in [1.82, 2.24) is 0 Å². The van der Waals surface area contributed by atoms with Crippen molar-refractivity contribution >= 4 is 23.3 Å². The van der Waals surface area contributed by atoms with E-state index in [0.29, 0.717) is 23.4 Å². The number of hydrazone groups is 1. The number of hydrogen-bond acceptors (Lipinski definition) is 4. The SMILES string of the molecule is CCOC(=O)C1=CC[C@H](c2ccccc2)[C@]2(C(=O)N(c3ccccc3)N=C2C)[C@@H]1c1ccccc1. The molecule has 35 heavy (non-hydrogen) atoms. The van der Waals surface area contributed by atoms with Gasteiger partial charge in [-0.1, -0.05) is 84.9 Å². The average molecular weight is 465 g/mol. The van der Waals surface area contributed by atoms with E-state index in [0.717, 1.165) is 11.1 Å². The smallest absolute Gasteiger partial charge is 0.334 e. The molecule has 1 spiro atoms. The Balaban J connectivity index is 1.77. The molecule has 3 aromatic carbocycles. The fraction of sp³-hybridized carbons (Fsp3) is 0.233. The second-order valence-electron chi connectivity index (χ2n) is 8.93. The van der Waals surface area contributed by atoms with Crippen LogP contribution in [0.2, 0.25) is 0 Å². The summed E-state index contributed by atoms with van der Waals surface area (Å²) < 4.78 is 5.49. The van der Waals surface area contributed by atoms with Crippen LogP contribution in [-0.2, 0) is 14.3 Å². The van der Waals surface area contributed by atoms with Crippen LogP contribution in [0.25, 0.3) is 0 Å². The minimum atomic E-state index is -1.07. The Morgan fingerprint density at radius 1 is 0.943 bits per heavy atom. The van der Waals surface area contributed by atoms with Crippen molar-refractivity contribution in [2.75, 3.05) is 11.6 Å². The highest BCUT2D eigenvalue weighted by Crippen LogP contribution is 2.59. The molecule has 3 aromatic rings. The Kier molecular flexibility index (Phi) is 6.08. The van der Waals surface area contributed by atoms with Crippen molar-refractivity contribution in [2.24, 2.45) is 10.5 Å². The van der Waals surface area contributed by atoms with Crippen molar-refractivity contribution < 1.29 is 14.3 Å². The zero-order valence-corrected chi connectivity index (χ0v) is 19.9. The normalized spacial score (nSPS) is 23.7. The molecule has 0 fully saturated rings. The second-order valence-corrected chi connectivity index (χ2v) is 8.93. The van der Waals surface area contributed by atoms with Crippen LogP contribution in [0.1, 0.15) is 43.2 Å². The number of esters is 1.